The number of nitrogens with zero attached hydrogens (tertiary/aromatic N) is 6. The van der Waals surface area contributed by atoms with Crippen LogP contribution in [-0.2, 0) is 16.6 Å². The molecule has 172 valence electrons. The fourth-order valence-electron chi connectivity index (χ4n) is 3.57. The predicted molar refractivity (Wildman–Crippen MR) is 114 cm³/mol. The van der Waals surface area contributed by atoms with Gasteiger partial charge < -0.3 is 14.2 Å². The summed E-state index contributed by atoms with van der Waals surface area (Å²) in [5.74, 6) is -1.53. The van der Waals surface area contributed by atoms with Gasteiger partial charge in [0.1, 0.15) is 0 Å². The van der Waals surface area contributed by atoms with E-state index in [0.29, 0.717) is 38.2 Å². The molecule has 3 heterocycles. The van der Waals surface area contributed by atoms with Crippen LogP contribution in [0.5, 0.6) is 0 Å². The summed E-state index contributed by atoms with van der Waals surface area (Å²) in [6.07, 6.45) is 0.936. The van der Waals surface area contributed by atoms with Crippen molar-refractivity contribution in [2.24, 2.45) is 13.0 Å². The minimum Gasteiger partial charge on any atom is -0.466 e. The summed E-state index contributed by atoms with van der Waals surface area (Å²) in [6.45, 7) is 2.73. The molecule has 1 aromatic carbocycles. The van der Waals surface area contributed by atoms with E-state index in [1.807, 2.05) is 0 Å². The van der Waals surface area contributed by atoms with Crippen LogP contribution in [0.2, 0.25) is 0 Å². The summed E-state index contributed by atoms with van der Waals surface area (Å²) >= 11 is 0. The number of likely N-dealkylation sites (tertiary alicyclic amines) is 1. The van der Waals surface area contributed by atoms with E-state index in [4.69, 9.17) is 9.26 Å². The van der Waals surface area contributed by atoms with Crippen LogP contribution in [0, 0.1) is 5.92 Å². The van der Waals surface area contributed by atoms with Crippen LogP contribution in [0.15, 0.2) is 44.4 Å². The third kappa shape index (κ3) is 4.31. The molecular formula is C21H22N6O6. The molecule has 2 aromatic heterocycles. The number of amides is 1. The van der Waals surface area contributed by atoms with Crippen LogP contribution in [0.4, 0.5) is 0 Å². The highest BCUT2D eigenvalue weighted by molar-refractivity contribution is 5.90. The zero-order valence-corrected chi connectivity index (χ0v) is 18.1. The van der Waals surface area contributed by atoms with Gasteiger partial charge in [-0.25, -0.2) is 4.79 Å². The van der Waals surface area contributed by atoms with Crippen molar-refractivity contribution in [2.45, 2.75) is 19.8 Å². The number of ether oxygens (including phenoxy) is 1. The molecule has 0 radical (unpaired) electrons. The van der Waals surface area contributed by atoms with Crippen LogP contribution in [0.3, 0.4) is 0 Å². The van der Waals surface area contributed by atoms with Gasteiger partial charge in [0.2, 0.25) is 5.82 Å². The van der Waals surface area contributed by atoms with Crippen LogP contribution in [0.25, 0.3) is 17.2 Å². The molecule has 0 unspecified atom stereocenters. The van der Waals surface area contributed by atoms with Crippen molar-refractivity contribution >= 4 is 11.9 Å². The maximum atomic E-state index is 12.8. The predicted octanol–water partition coefficient (Wildman–Crippen LogP) is 0.396. The van der Waals surface area contributed by atoms with E-state index in [0.717, 1.165) is 9.25 Å². The highest BCUT2D eigenvalue weighted by Gasteiger charge is 2.31. The van der Waals surface area contributed by atoms with E-state index >= 15 is 0 Å². The van der Waals surface area contributed by atoms with E-state index in [1.165, 1.54) is 11.9 Å². The number of esters is 1. The summed E-state index contributed by atoms with van der Waals surface area (Å²) in [7, 11) is 1.31. The van der Waals surface area contributed by atoms with Crippen LogP contribution in [0.1, 0.15) is 30.5 Å². The average molecular weight is 454 g/mol. The Hall–Kier alpha value is -4.09. The molecule has 0 atom stereocenters. The second-order valence-electron chi connectivity index (χ2n) is 7.48. The third-order valence-electron chi connectivity index (χ3n) is 5.40. The van der Waals surface area contributed by atoms with E-state index in [9.17, 15) is 19.2 Å². The lowest BCUT2D eigenvalue weighted by Gasteiger charge is -2.29. The molecular weight excluding hydrogens is 432 g/mol. The first-order valence-electron chi connectivity index (χ1n) is 10.5. The van der Waals surface area contributed by atoms with E-state index < -0.39 is 17.2 Å². The lowest BCUT2D eigenvalue weighted by atomic mass is 9.97. The van der Waals surface area contributed by atoms with Gasteiger partial charge in [-0.05, 0) is 31.9 Å². The van der Waals surface area contributed by atoms with Crippen molar-refractivity contribution in [3.8, 4) is 17.2 Å². The fourth-order valence-corrected chi connectivity index (χ4v) is 3.57. The normalized spacial score (nSPS) is 14.3. The first kappa shape index (κ1) is 22.1. The third-order valence-corrected chi connectivity index (χ3v) is 5.40. The quantitative estimate of drug-likeness (QED) is 0.500. The smallest absolute Gasteiger partial charge is 0.351 e. The maximum absolute atomic E-state index is 12.8. The summed E-state index contributed by atoms with van der Waals surface area (Å²) < 4.78 is 12.1. The van der Waals surface area contributed by atoms with Gasteiger partial charge in [-0.1, -0.05) is 23.4 Å². The van der Waals surface area contributed by atoms with Gasteiger partial charge in [0, 0.05) is 20.1 Å². The van der Waals surface area contributed by atoms with Crippen molar-refractivity contribution in [1.29, 1.82) is 0 Å². The first-order chi connectivity index (χ1) is 15.9. The van der Waals surface area contributed by atoms with Crippen molar-refractivity contribution in [2.75, 3.05) is 19.7 Å². The Morgan fingerprint density at radius 2 is 1.85 bits per heavy atom. The first-order valence-corrected chi connectivity index (χ1v) is 10.5. The van der Waals surface area contributed by atoms with Crippen LogP contribution >= 0.6 is 0 Å². The van der Waals surface area contributed by atoms with Gasteiger partial charge in [0.05, 0.1) is 18.2 Å². The second kappa shape index (κ2) is 9.18. The minimum atomic E-state index is -0.720. The van der Waals surface area contributed by atoms with Crippen LogP contribution < -0.4 is 11.2 Å². The molecule has 0 spiro atoms. The SMILES string of the molecule is CCOC(=O)C1CCN(C(=O)c2nc(-c3nn(-c4ccccc4)c(=O)n(C)c3=O)no2)CC1. The van der Waals surface area contributed by atoms with Crippen molar-refractivity contribution in [3.05, 3.63) is 57.1 Å². The molecule has 12 nitrogen and oxygen atoms in total. The van der Waals surface area contributed by atoms with Gasteiger partial charge >= 0.3 is 23.5 Å². The summed E-state index contributed by atoms with van der Waals surface area (Å²) in [4.78, 5) is 55.4. The Labute approximate surface area is 187 Å². The molecule has 0 saturated carbocycles. The Kier molecular flexibility index (Phi) is 6.16. The topological polar surface area (TPSA) is 142 Å². The molecule has 1 fully saturated rings. The van der Waals surface area contributed by atoms with Gasteiger partial charge in [0.15, 0.2) is 5.69 Å². The van der Waals surface area contributed by atoms with Crippen molar-refractivity contribution in [1.82, 2.24) is 29.4 Å². The Morgan fingerprint density at radius 3 is 2.52 bits per heavy atom. The number of hydrogen-bond donors (Lipinski definition) is 0. The number of hydrogen-bond acceptors (Lipinski definition) is 9. The lowest BCUT2D eigenvalue weighted by Crippen LogP contribution is -2.41. The summed E-state index contributed by atoms with van der Waals surface area (Å²) in [5, 5.41) is 7.85. The molecule has 3 aromatic rings. The number of carbonyl (C=O) groups is 2. The Morgan fingerprint density at radius 1 is 1.15 bits per heavy atom. The molecule has 1 aliphatic rings. The van der Waals surface area contributed by atoms with E-state index in [1.54, 1.807) is 37.3 Å². The van der Waals surface area contributed by atoms with Gasteiger partial charge in [0.25, 0.3) is 5.56 Å². The summed E-state index contributed by atoms with van der Waals surface area (Å²) in [5.41, 5.74) is -1.14. The summed E-state index contributed by atoms with van der Waals surface area (Å²) in [6, 6.07) is 8.56. The number of piperidine rings is 1. The van der Waals surface area contributed by atoms with Gasteiger partial charge in [-0.3, -0.25) is 19.0 Å². The second-order valence-corrected chi connectivity index (χ2v) is 7.48. The molecule has 0 aliphatic carbocycles. The van der Waals surface area contributed by atoms with Gasteiger partial charge in [-0.15, -0.1) is 0 Å². The molecule has 4 rings (SSSR count). The van der Waals surface area contributed by atoms with Gasteiger partial charge in [-0.2, -0.15) is 14.8 Å². The lowest BCUT2D eigenvalue weighted by molar-refractivity contribution is -0.149. The maximum Gasteiger partial charge on any atom is 0.351 e. The Bertz CT molecular complexity index is 1290. The molecule has 0 N–H and O–H groups in total. The molecule has 1 amide bonds. The van der Waals surface area contributed by atoms with E-state index in [-0.39, 0.29) is 29.3 Å². The highest BCUT2D eigenvalue weighted by atomic mass is 16.5. The van der Waals surface area contributed by atoms with E-state index in [2.05, 4.69) is 15.2 Å². The zero-order valence-electron chi connectivity index (χ0n) is 18.1. The number of aromatic nitrogens is 5. The molecule has 12 heteroatoms. The largest absolute Gasteiger partial charge is 0.466 e. The zero-order chi connectivity index (χ0) is 23.5. The van der Waals surface area contributed by atoms with Crippen molar-refractivity contribution < 1.29 is 18.8 Å². The fraction of sp³-hybridized carbons (Fsp3) is 0.381. The monoisotopic (exact) mass is 454 g/mol. The number of benzene rings is 1. The Balaban J connectivity index is 1.57. The molecule has 33 heavy (non-hydrogen) atoms. The minimum absolute atomic E-state index is 0.204. The standard InChI is InChI=1S/C21H22N6O6/c1-3-32-20(30)13-9-11-26(12-10-13)19(29)17-22-16(24-33-17)15-18(28)25(2)21(31)27(23-15)14-7-5-4-6-8-14/h4-8,13H,3,9-12H2,1-2H3. The number of rotatable bonds is 5. The van der Waals surface area contributed by atoms with Crippen LogP contribution in [-0.4, -0.2) is 61.0 Å². The average Bonchev–Trinajstić information content (AvgIpc) is 3.33. The number of para-hydroxylation sites is 1. The highest BCUT2D eigenvalue weighted by Crippen LogP contribution is 2.20. The van der Waals surface area contributed by atoms with Crippen molar-refractivity contribution in [3.63, 3.8) is 0 Å². The molecule has 1 aliphatic heterocycles. The molecule has 1 saturated heterocycles. The number of carbonyl (C=O) groups excluding carboxylic acids is 2. The molecule has 0 bridgehead atoms.